The summed E-state index contributed by atoms with van der Waals surface area (Å²) in [6.07, 6.45) is 1.53. The summed E-state index contributed by atoms with van der Waals surface area (Å²) in [4.78, 5) is 28.8. The molecule has 0 aliphatic carbocycles. The molecule has 5 nitrogen and oxygen atoms in total. The minimum Gasteiger partial charge on any atom is -0.368 e. The van der Waals surface area contributed by atoms with E-state index < -0.39 is 0 Å². The Balaban J connectivity index is 1.32. The summed E-state index contributed by atoms with van der Waals surface area (Å²) >= 11 is 0. The Kier molecular flexibility index (Phi) is 7.89. The van der Waals surface area contributed by atoms with Crippen molar-refractivity contribution in [2.75, 3.05) is 37.6 Å². The Bertz CT molecular complexity index is 810. The van der Waals surface area contributed by atoms with Crippen LogP contribution in [0.4, 0.5) is 5.69 Å². The number of carbonyl (C=O) groups excluding carboxylic acids is 2. The normalized spacial score (nSPS) is 14.1. The van der Waals surface area contributed by atoms with Crippen LogP contribution in [0.5, 0.6) is 0 Å². The number of rotatable bonds is 8. The van der Waals surface area contributed by atoms with Crippen molar-refractivity contribution in [3.05, 3.63) is 65.7 Å². The predicted octanol–water partition coefficient (Wildman–Crippen LogP) is 3.60. The molecule has 2 aromatic rings. The maximum Gasteiger partial charge on any atom is 0.224 e. The molecule has 0 bridgehead atoms. The number of para-hydroxylation sites is 1. The second kappa shape index (κ2) is 10.8. The molecule has 1 heterocycles. The molecular formula is C25H33N3O2. The molecule has 0 radical (unpaired) electrons. The number of nitrogens with one attached hydrogen (secondary N) is 1. The zero-order chi connectivity index (χ0) is 21.3. The van der Waals surface area contributed by atoms with E-state index in [1.54, 1.807) is 0 Å². The fourth-order valence-corrected chi connectivity index (χ4v) is 3.74. The summed E-state index contributed by atoms with van der Waals surface area (Å²) in [7, 11) is 0. The molecule has 0 aromatic heterocycles. The summed E-state index contributed by atoms with van der Waals surface area (Å²) in [5.74, 6) is 0.637. The van der Waals surface area contributed by atoms with Crippen LogP contribution in [0, 0.1) is 0 Å². The zero-order valence-corrected chi connectivity index (χ0v) is 18.1. The van der Waals surface area contributed by atoms with Crippen LogP contribution in [0.2, 0.25) is 0 Å². The third-order valence-electron chi connectivity index (χ3n) is 5.70. The van der Waals surface area contributed by atoms with Gasteiger partial charge in [-0.25, -0.2) is 0 Å². The molecule has 5 heteroatoms. The lowest BCUT2D eigenvalue weighted by molar-refractivity contribution is -0.131. The van der Waals surface area contributed by atoms with Crippen molar-refractivity contribution in [1.82, 2.24) is 10.2 Å². The molecule has 1 N–H and O–H groups in total. The lowest BCUT2D eigenvalue weighted by atomic mass is 10.0. The zero-order valence-electron chi connectivity index (χ0n) is 18.1. The molecule has 0 unspecified atom stereocenters. The van der Waals surface area contributed by atoms with Gasteiger partial charge in [0.2, 0.25) is 11.8 Å². The molecule has 0 atom stereocenters. The van der Waals surface area contributed by atoms with Crippen molar-refractivity contribution in [2.45, 2.75) is 39.0 Å². The molecule has 0 spiro atoms. The van der Waals surface area contributed by atoms with Crippen LogP contribution in [0.15, 0.2) is 54.6 Å². The molecule has 1 fully saturated rings. The van der Waals surface area contributed by atoms with Gasteiger partial charge in [0.25, 0.3) is 0 Å². The van der Waals surface area contributed by atoms with E-state index in [1.165, 1.54) is 16.8 Å². The average molecular weight is 408 g/mol. The van der Waals surface area contributed by atoms with Gasteiger partial charge < -0.3 is 15.1 Å². The topological polar surface area (TPSA) is 52.7 Å². The monoisotopic (exact) mass is 407 g/mol. The number of hydrogen-bond donors (Lipinski definition) is 1. The van der Waals surface area contributed by atoms with Gasteiger partial charge in [-0.2, -0.15) is 0 Å². The summed E-state index contributed by atoms with van der Waals surface area (Å²) in [5, 5.41) is 2.89. The summed E-state index contributed by atoms with van der Waals surface area (Å²) in [6.45, 7) is 7.90. The SMILES string of the molecule is CC(C)c1ccc(CCC(=O)NCCC(=O)N2CCN(c3ccccc3)CC2)cc1. The molecule has 3 rings (SSSR count). The summed E-state index contributed by atoms with van der Waals surface area (Å²) in [5.41, 5.74) is 3.68. The Morgan fingerprint density at radius 1 is 0.900 bits per heavy atom. The van der Waals surface area contributed by atoms with Crippen LogP contribution >= 0.6 is 0 Å². The number of benzene rings is 2. The number of amides is 2. The summed E-state index contributed by atoms with van der Waals surface area (Å²) in [6, 6.07) is 18.8. The second-order valence-corrected chi connectivity index (χ2v) is 8.20. The minimum absolute atomic E-state index is 0.00429. The van der Waals surface area contributed by atoms with Crippen molar-refractivity contribution in [3.8, 4) is 0 Å². The first-order valence-corrected chi connectivity index (χ1v) is 11.0. The lowest BCUT2D eigenvalue weighted by Gasteiger charge is -2.36. The molecular weight excluding hydrogens is 374 g/mol. The quantitative estimate of drug-likeness (QED) is 0.727. The standard InChI is InChI=1S/C25H33N3O2/c1-20(2)22-11-8-21(9-12-22)10-13-24(29)26-15-14-25(30)28-18-16-27(17-19-28)23-6-4-3-5-7-23/h3-9,11-12,20H,10,13-19H2,1-2H3,(H,26,29). The average Bonchev–Trinajstić information content (AvgIpc) is 2.78. The van der Waals surface area contributed by atoms with Gasteiger partial charge in [-0.15, -0.1) is 0 Å². The van der Waals surface area contributed by atoms with Crippen molar-refractivity contribution < 1.29 is 9.59 Å². The van der Waals surface area contributed by atoms with Gasteiger partial charge in [0.1, 0.15) is 0 Å². The van der Waals surface area contributed by atoms with Crippen LogP contribution in [0.25, 0.3) is 0 Å². The van der Waals surface area contributed by atoms with Gasteiger partial charge in [-0.3, -0.25) is 9.59 Å². The third-order valence-corrected chi connectivity index (χ3v) is 5.70. The maximum absolute atomic E-state index is 12.4. The highest BCUT2D eigenvalue weighted by Crippen LogP contribution is 2.16. The molecule has 160 valence electrons. The Hall–Kier alpha value is -2.82. The van der Waals surface area contributed by atoms with Gasteiger partial charge in [0, 0.05) is 51.3 Å². The van der Waals surface area contributed by atoms with E-state index in [2.05, 4.69) is 60.5 Å². The van der Waals surface area contributed by atoms with Crippen molar-refractivity contribution in [2.24, 2.45) is 0 Å². The van der Waals surface area contributed by atoms with Gasteiger partial charge in [0.15, 0.2) is 0 Å². The molecule has 2 aromatic carbocycles. The largest absolute Gasteiger partial charge is 0.368 e. The van der Waals surface area contributed by atoms with Crippen LogP contribution in [-0.2, 0) is 16.0 Å². The molecule has 1 saturated heterocycles. The lowest BCUT2D eigenvalue weighted by Crippen LogP contribution is -2.49. The summed E-state index contributed by atoms with van der Waals surface area (Å²) < 4.78 is 0. The van der Waals surface area contributed by atoms with E-state index in [4.69, 9.17) is 0 Å². The van der Waals surface area contributed by atoms with E-state index in [0.717, 1.165) is 32.6 Å². The fourth-order valence-electron chi connectivity index (χ4n) is 3.74. The number of anilines is 1. The van der Waals surface area contributed by atoms with E-state index >= 15 is 0 Å². The van der Waals surface area contributed by atoms with Gasteiger partial charge in [0.05, 0.1) is 0 Å². The van der Waals surface area contributed by atoms with Gasteiger partial charge >= 0.3 is 0 Å². The highest BCUT2D eigenvalue weighted by Gasteiger charge is 2.20. The molecule has 1 aliphatic heterocycles. The number of aryl methyl sites for hydroxylation is 1. The first-order chi connectivity index (χ1) is 14.5. The fraction of sp³-hybridized carbons (Fsp3) is 0.440. The Morgan fingerprint density at radius 2 is 1.57 bits per heavy atom. The van der Waals surface area contributed by atoms with Crippen LogP contribution < -0.4 is 10.2 Å². The van der Waals surface area contributed by atoms with Crippen molar-refractivity contribution in [3.63, 3.8) is 0 Å². The van der Waals surface area contributed by atoms with E-state index in [0.29, 0.717) is 25.3 Å². The van der Waals surface area contributed by atoms with Crippen molar-refractivity contribution >= 4 is 17.5 Å². The van der Waals surface area contributed by atoms with E-state index in [9.17, 15) is 9.59 Å². The van der Waals surface area contributed by atoms with Gasteiger partial charge in [-0.1, -0.05) is 56.3 Å². The van der Waals surface area contributed by atoms with Crippen LogP contribution in [-0.4, -0.2) is 49.4 Å². The second-order valence-electron chi connectivity index (χ2n) is 8.20. The number of piperazine rings is 1. The van der Waals surface area contributed by atoms with Gasteiger partial charge in [-0.05, 0) is 35.6 Å². The molecule has 2 amide bonds. The molecule has 30 heavy (non-hydrogen) atoms. The van der Waals surface area contributed by atoms with Crippen LogP contribution in [0.3, 0.4) is 0 Å². The van der Waals surface area contributed by atoms with E-state index in [-0.39, 0.29) is 11.8 Å². The molecule has 1 aliphatic rings. The Labute approximate surface area is 180 Å². The first-order valence-electron chi connectivity index (χ1n) is 11.0. The maximum atomic E-state index is 12.4. The number of carbonyl (C=O) groups is 2. The highest BCUT2D eigenvalue weighted by atomic mass is 16.2. The Morgan fingerprint density at radius 3 is 2.20 bits per heavy atom. The van der Waals surface area contributed by atoms with Crippen molar-refractivity contribution in [1.29, 1.82) is 0 Å². The first kappa shape index (κ1) is 21.9. The predicted molar refractivity (Wildman–Crippen MR) is 122 cm³/mol. The smallest absolute Gasteiger partial charge is 0.224 e. The third kappa shape index (κ3) is 6.34. The van der Waals surface area contributed by atoms with Crippen LogP contribution in [0.1, 0.15) is 43.7 Å². The number of nitrogens with zero attached hydrogens (tertiary/aromatic N) is 2. The minimum atomic E-state index is 0.00429. The highest BCUT2D eigenvalue weighted by molar-refractivity contribution is 5.79. The van der Waals surface area contributed by atoms with E-state index in [1.807, 2.05) is 23.1 Å². The number of hydrogen-bond acceptors (Lipinski definition) is 3. The molecule has 0 saturated carbocycles.